The van der Waals surface area contributed by atoms with Crippen LogP contribution in [0.3, 0.4) is 0 Å². The average molecular weight is 429 g/mol. The van der Waals surface area contributed by atoms with Gasteiger partial charge < -0.3 is 9.15 Å². The standard InChI is InChI=1S/C21H24N4O4S/c1-14-11-15(2)23-21(22-14)29-18-5-4-10-25(12-18)30(26,27)19-8-6-17(7-9-19)20-13-28-16(3)24-20/h6-9,11,13,18H,4-5,10,12H2,1-3H3. The summed E-state index contributed by atoms with van der Waals surface area (Å²) in [5.41, 5.74) is 3.12. The van der Waals surface area contributed by atoms with Crippen molar-refractivity contribution in [3.8, 4) is 17.3 Å². The summed E-state index contributed by atoms with van der Waals surface area (Å²) in [6, 6.07) is 8.85. The minimum atomic E-state index is -3.63. The third-order valence-corrected chi connectivity index (χ3v) is 6.86. The molecule has 2 aromatic heterocycles. The van der Waals surface area contributed by atoms with Gasteiger partial charge in [-0.15, -0.1) is 0 Å². The fourth-order valence-corrected chi connectivity index (χ4v) is 5.07. The molecule has 1 unspecified atom stereocenters. The molecule has 8 nitrogen and oxygen atoms in total. The first-order valence-electron chi connectivity index (χ1n) is 9.83. The molecule has 1 aliphatic rings. The van der Waals surface area contributed by atoms with Crippen LogP contribution in [0.15, 0.2) is 45.9 Å². The molecule has 3 aromatic rings. The van der Waals surface area contributed by atoms with E-state index in [-0.39, 0.29) is 17.5 Å². The SMILES string of the molecule is Cc1cc(C)nc(OC2CCCN(S(=O)(=O)c3ccc(-c4coc(C)n4)cc3)C2)n1. The molecule has 0 spiro atoms. The van der Waals surface area contributed by atoms with Crippen molar-refractivity contribution in [2.75, 3.05) is 13.1 Å². The summed E-state index contributed by atoms with van der Waals surface area (Å²) in [7, 11) is -3.63. The van der Waals surface area contributed by atoms with Gasteiger partial charge in [0.2, 0.25) is 10.0 Å². The average Bonchev–Trinajstić information content (AvgIpc) is 3.14. The fourth-order valence-electron chi connectivity index (χ4n) is 3.56. The maximum absolute atomic E-state index is 13.2. The van der Waals surface area contributed by atoms with Gasteiger partial charge in [0, 0.05) is 30.4 Å². The minimum absolute atomic E-state index is 0.245. The monoisotopic (exact) mass is 428 g/mol. The van der Waals surface area contributed by atoms with Gasteiger partial charge in [-0.05, 0) is 44.9 Å². The quantitative estimate of drug-likeness (QED) is 0.615. The summed E-state index contributed by atoms with van der Waals surface area (Å²) >= 11 is 0. The van der Waals surface area contributed by atoms with Gasteiger partial charge in [0.05, 0.1) is 11.4 Å². The molecule has 9 heteroatoms. The zero-order valence-corrected chi connectivity index (χ0v) is 18.0. The van der Waals surface area contributed by atoms with E-state index >= 15 is 0 Å². The van der Waals surface area contributed by atoms with E-state index in [0.717, 1.165) is 23.4 Å². The van der Waals surface area contributed by atoms with Crippen LogP contribution in [0.1, 0.15) is 30.1 Å². The number of aryl methyl sites for hydroxylation is 3. The predicted molar refractivity (Wildman–Crippen MR) is 111 cm³/mol. The highest BCUT2D eigenvalue weighted by molar-refractivity contribution is 7.89. The van der Waals surface area contributed by atoms with Crippen LogP contribution in [0.5, 0.6) is 6.01 Å². The van der Waals surface area contributed by atoms with E-state index in [1.807, 2.05) is 19.9 Å². The first-order chi connectivity index (χ1) is 14.3. The molecular weight excluding hydrogens is 404 g/mol. The lowest BCUT2D eigenvalue weighted by atomic mass is 10.1. The lowest BCUT2D eigenvalue weighted by molar-refractivity contribution is 0.119. The number of nitrogens with zero attached hydrogens (tertiary/aromatic N) is 4. The van der Waals surface area contributed by atoms with Gasteiger partial charge in [0.15, 0.2) is 5.89 Å². The van der Waals surface area contributed by atoms with E-state index in [2.05, 4.69) is 15.0 Å². The molecule has 4 rings (SSSR count). The summed E-state index contributed by atoms with van der Waals surface area (Å²) in [6.07, 6.45) is 2.74. The molecule has 1 saturated heterocycles. The highest BCUT2D eigenvalue weighted by Crippen LogP contribution is 2.25. The second kappa shape index (κ2) is 8.16. The molecule has 0 radical (unpaired) electrons. The van der Waals surface area contributed by atoms with Gasteiger partial charge in [-0.3, -0.25) is 0 Å². The second-order valence-corrected chi connectivity index (χ2v) is 9.39. The van der Waals surface area contributed by atoms with E-state index in [9.17, 15) is 8.42 Å². The Hall–Kier alpha value is -2.78. The van der Waals surface area contributed by atoms with Gasteiger partial charge >= 0.3 is 6.01 Å². The smallest absolute Gasteiger partial charge is 0.317 e. The summed E-state index contributed by atoms with van der Waals surface area (Å²) in [5.74, 6) is 0.564. The largest absolute Gasteiger partial charge is 0.459 e. The number of oxazole rings is 1. The third kappa shape index (κ3) is 4.36. The van der Waals surface area contributed by atoms with Gasteiger partial charge in [-0.2, -0.15) is 4.31 Å². The van der Waals surface area contributed by atoms with Crippen LogP contribution in [-0.2, 0) is 10.0 Å². The van der Waals surface area contributed by atoms with Crippen LogP contribution in [0.4, 0.5) is 0 Å². The van der Waals surface area contributed by atoms with Gasteiger partial charge in [0.25, 0.3) is 0 Å². The third-order valence-electron chi connectivity index (χ3n) is 4.98. The Morgan fingerprint density at radius 1 is 1.07 bits per heavy atom. The van der Waals surface area contributed by atoms with Crippen LogP contribution in [0.25, 0.3) is 11.3 Å². The van der Waals surface area contributed by atoms with Crippen molar-refractivity contribution in [1.29, 1.82) is 0 Å². The maximum Gasteiger partial charge on any atom is 0.317 e. The fraction of sp³-hybridized carbons (Fsp3) is 0.381. The Morgan fingerprint density at radius 2 is 1.77 bits per heavy atom. The van der Waals surface area contributed by atoms with Crippen molar-refractivity contribution in [3.05, 3.63) is 53.9 Å². The normalized spacial score (nSPS) is 17.8. The molecule has 0 saturated carbocycles. The lowest BCUT2D eigenvalue weighted by Crippen LogP contribution is -2.44. The molecule has 1 aromatic carbocycles. The van der Waals surface area contributed by atoms with Crippen molar-refractivity contribution < 1.29 is 17.6 Å². The number of piperidine rings is 1. The zero-order chi connectivity index (χ0) is 21.3. The number of hydrogen-bond donors (Lipinski definition) is 0. The predicted octanol–water partition coefficient (Wildman–Crippen LogP) is 3.29. The van der Waals surface area contributed by atoms with Crippen LogP contribution in [-0.4, -0.2) is 46.9 Å². The summed E-state index contributed by atoms with van der Waals surface area (Å²) in [6.45, 7) is 6.25. The van der Waals surface area contributed by atoms with Crippen LogP contribution < -0.4 is 4.74 Å². The van der Waals surface area contributed by atoms with Crippen molar-refractivity contribution in [2.24, 2.45) is 0 Å². The Bertz CT molecular complexity index is 1120. The lowest BCUT2D eigenvalue weighted by Gasteiger charge is -2.31. The Labute approximate surface area is 176 Å². The van der Waals surface area contributed by atoms with Gasteiger partial charge in [-0.1, -0.05) is 12.1 Å². The highest BCUT2D eigenvalue weighted by Gasteiger charge is 2.31. The van der Waals surface area contributed by atoms with Gasteiger partial charge in [0.1, 0.15) is 18.1 Å². The second-order valence-electron chi connectivity index (χ2n) is 7.45. The number of ether oxygens (including phenoxy) is 1. The van der Waals surface area contributed by atoms with Crippen LogP contribution in [0.2, 0.25) is 0 Å². The summed E-state index contributed by atoms with van der Waals surface area (Å²) in [4.78, 5) is 13.1. The van der Waals surface area contributed by atoms with Crippen molar-refractivity contribution in [2.45, 2.75) is 44.6 Å². The number of aromatic nitrogens is 3. The number of hydrogen-bond acceptors (Lipinski definition) is 7. The molecular formula is C21H24N4O4S. The molecule has 3 heterocycles. The first-order valence-corrected chi connectivity index (χ1v) is 11.3. The first kappa shape index (κ1) is 20.5. The molecule has 1 atom stereocenters. The molecule has 1 fully saturated rings. The molecule has 0 bridgehead atoms. The molecule has 0 N–H and O–H groups in total. The Morgan fingerprint density at radius 3 is 2.40 bits per heavy atom. The van der Waals surface area contributed by atoms with Crippen LogP contribution >= 0.6 is 0 Å². The van der Waals surface area contributed by atoms with Crippen molar-refractivity contribution in [1.82, 2.24) is 19.3 Å². The van der Waals surface area contributed by atoms with E-state index in [1.165, 1.54) is 4.31 Å². The Balaban J connectivity index is 1.49. The maximum atomic E-state index is 13.2. The van der Waals surface area contributed by atoms with E-state index in [1.54, 1.807) is 37.5 Å². The Kier molecular flexibility index (Phi) is 5.57. The van der Waals surface area contributed by atoms with Crippen molar-refractivity contribution >= 4 is 10.0 Å². The number of benzene rings is 1. The van der Waals surface area contributed by atoms with Gasteiger partial charge in [-0.25, -0.2) is 23.4 Å². The summed E-state index contributed by atoms with van der Waals surface area (Å²) < 4.78 is 38.9. The number of rotatable bonds is 5. The highest BCUT2D eigenvalue weighted by atomic mass is 32.2. The van der Waals surface area contributed by atoms with Crippen LogP contribution in [0, 0.1) is 20.8 Å². The number of sulfonamides is 1. The molecule has 158 valence electrons. The van der Waals surface area contributed by atoms with E-state index in [4.69, 9.17) is 9.15 Å². The van der Waals surface area contributed by atoms with E-state index in [0.29, 0.717) is 30.6 Å². The topological polar surface area (TPSA) is 98.4 Å². The molecule has 0 aliphatic carbocycles. The minimum Gasteiger partial charge on any atom is -0.459 e. The zero-order valence-electron chi connectivity index (χ0n) is 17.2. The molecule has 0 amide bonds. The molecule has 1 aliphatic heterocycles. The molecule has 30 heavy (non-hydrogen) atoms. The van der Waals surface area contributed by atoms with Crippen molar-refractivity contribution in [3.63, 3.8) is 0 Å². The van der Waals surface area contributed by atoms with E-state index < -0.39 is 10.0 Å². The summed E-state index contributed by atoms with van der Waals surface area (Å²) in [5, 5.41) is 0.